The minimum absolute atomic E-state index is 0.166. The Balaban J connectivity index is 1.46. The quantitative estimate of drug-likeness (QED) is 0.0848. The summed E-state index contributed by atoms with van der Waals surface area (Å²) in [4.78, 5) is 39.3. The number of hydrogen-bond acceptors (Lipinski definition) is 9. The normalized spacial score (nSPS) is 37.2. The van der Waals surface area contributed by atoms with Crippen molar-refractivity contribution >= 4 is 17.7 Å². The molecule has 2 saturated carbocycles. The molecule has 4 aliphatic carbocycles. The van der Waals surface area contributed by atoms with E-state index < -0.39 is 82.9 Å². The topological polar surface area (TPSA) is 151 Å². The highest BCUT2D eigenvalue weighted by Gasteiger charge is 2.89. The Kier molecular flexibility index (Phi) is 12.2. The molecule has 0 aromatic rings. The summed E-state index contributed by atoms with van der Waals surface area (Å²) in [6.07, 6.45) is 17.5. The van der Waals surface area contributed by atoms with E-state index in [0.717, 1.165) is 19.3 Å². The number of hydrogen-bond donors (Lipinski definition) is 4. The Morgan fingerprint density at radius 1 is 0.915 bits per heavy atom. The number of aliphatic hydroxyl groups excluding tert-OH is 2. The van der Waals surface area contributed by atoms with Crippen molar-refractivity contribution in [3.63, 3.8) is 0 Å². The maximum Gasteiger partial charge on any atom is 0.306 e. The van der Waals surface area contributed by atoms with Gasteiger partial charge >= 0.3 is 11.9 Å². The molecule has 4 rings (SSSR count). The van der Waals surface area contributed by atoms with E-state index in [2.05, 4.69) is 6.92 Å². The van der Waals surface area contributed by atoms with Crippen molar-refractivity contribution in [2.45, 2.75) is 154 Å². The van der Waals surface area contributed by atoms with E-state index in [1.807, 2.05) is 0 Å². The van der Waals surface area contributed by atoms with Crippen LogP contribution in [0.1, 0.15) is 131 Å². The Labute approximate surface area is 281 Å². The average Bonchev–Trinajstić information content (AvgIpc) is 3.51. The van der Waals surface area contributed by atoms with Gasteiger partial charge in [0.15, 0.2) is 11.4 Å². The summed E-state index contributed by atoms with van der Waals surface area (Å²) < 4.78 is 12.2. The Hall–Kier alpha value is -2.07. The van der Waals surface area contributed by atoms with Gasteiger partial charge in [-0.2, -0.15) is 0 Å². The van der Waals surface area contributed by atoms with Crippen LogP contribution in [0.2, 0.25) is 0 Å². The lowest BCUT2D eigenvalue weighted by Crippen LogP contribution is -2.66. The third kappa shape index (κ3) is 6.75. The lowest BCUT2D eigenvalue weighted by molar-refractivity contribution is -0.228. The smallest absolute Gasteiger partial charge is 0.306 e. The predicted molar refractivity (Wildman–Crippen MR) is 178 cm³/mol. The van der Waals surface area contributed by atoms with Crippen LogP contribution in [0.3, 0.4) is 0 Å². The van der Waals surface area contributed by atoms with Crippen molar-refractivity contribution < 1.29 is 44.3 Å². The number of fused-ring (bicyclic) bond motifs is 5. The number of carbonyl (C=O) groups is 3. The van der Waals surface area contributed by atoms with Crippen molar-refractivity contribution in [2.24, 2.45) is 29.1 Å². The fourth-order valence-corrected chi connectivity index (χ4v) is 9.57. The van der Waals surface area contributed by atoms with Gasteiger partial charge < -0.3 is 29.9 Å². The third-order valence-electron chi connectivity index (χ3n) is 12.1. The number of ketones is 1. The van der Waals surface area contributed by atoms with Crippen LogP contribution in [-0.2, 0) is 23.9 Å². The molecular formula is C38H60O9. The predicted octanol–water partition coefficient (Wildman–Crippen LogP) is 5.51. The minimum Gasteiger partial charge on any atom is -0.458 e. The summed E-state index contributed by atoms with van der Waals surface area (Å²) >= 11 is 0. The maximum atomic E-state index is 13.4. The number of Topliss-reactive ketones (excluding diaryl/α,β-unsaturated/α-hetero) is 1. The zero-order valence-electron chi connectivity index (χ0n) is 29.4. The second-order valence-corrected chi connectivity index (χ2v) is 15.3. The van der Waals surface area contributed by atoms with Gasteiger partial charge in [0.25, 0.3) is 0 Å². The molecule has 266 valence electrons. The monoisotopic (exact) mass is 660 g/mol. The van der Waals surface area contributed by atoms with E-state index in [0.29, 0.717) is 17.6 Å². The number of carbonyl (C=O) groups excluding carboxylic acids is 3. The van der Waals surface area contributed by atoms with E-state index >= 15 is 0 Å². The van der Waals surface area contributed by atoms with Gasteiger partial charge in [-0.25, -0.2) is 0 Å². The molecule has 0 saturated heterocycles. The van der Waals surface area contributed by atoms with E-state index in [1.165, 1.54) is 64.7 Å². The molecule has 0 amide bonds. The van der Waals surface area contributed by atoms with Crippen LogP contribution >= 0.6 is 0 Å². The van der Waals surface area contributed by atoms with Crippen LogP contribution in [0.5, 0.6) is 0 Å². The van der Waals surface area contributed by atoms with Crippen molar-refractivity contribution in [3.8, 4) is 0 Å². The van der Waals surface area contributed by atoms with Gasteiger partial charge in [0.1, 0.15) is 11.7 Å². The van der Waals surface area contributed by atoms with Crippen LogP contribution in [0, 0.1) is 29.1 Å². The summed E-state index contributed by atoms with van der Waals surface area (Å²) in [5, 5.41) is 45.6. The summed E-state index contributed by atoms with van der Waals surface area (Å²) in [7, 11) is 0. The van der Waals surface area contributed by atoms with Crippen molar-refractivity contribution in [1.82, 2.24) is 0 Å². The summed E-state index contributed by atoms with van der Waals surface area (Å²) in [5.41, 5.74) is -5.65. The highest BCUT2D eigenvalue weighted by Crippen LogP contribution is 2.77. The molecule has 0 heterocycles. The minimum atomic E-state index is -1.99. The first-order chi connectivity index (χ1) is 22.3. The number of unbranched alkanes of at least 4 members (excludes halogenated alkanes) is 12. The first kappa shape index (κ1) is 37.7. The average molecular weight is 661 g/mol. The van der Waals surface area contributed by atoms with Gasteiger partial charge in [0, 0.05) is 48.9 Å². The summed E-state index contributed by atoms with van der Waals surface area (Å²) in [6, 6.07) is 0. The zero-order chi connectivity index (χ0) is 34.6. The Morgan fingerprint density at radius 3 is 1.98 bits per heavy atom. The number of rotatable bonds is 18. The Bertz CT molecular complexity index is 1210. The fourth-order valence-electron chi connectivity index (χ4n) is 9.57. The first-order valence-electron chi connectivity index (χ1n) is 18.3. The summed E-state index contributed by atoms with van der Waals surface area (Å²) in [6.45, 7) is 7.68. The molecule has 9 heteroatoms. The zero-order valence-corrected chi connectivity index (χ0v) is 29.4. The van der Waals surface area contributed by atoms with Crippen LogP contribution in [0.4, 0.5) is 0 Å². The van der Waals surface area contributed by atoms with Crippen LogP contribution in [0.15, 0.2) is 23.3 Å². The standard InChI is InChI=1S/C38H60O9/c1-6-7-8-9-10-11-12-13-14-15-16-17-18-19-31(42)46-34-26(3)37(45)29(32-35(5,24-40)38(32,34)47-27(4)41)21-28(23-39)22-36(44)30(37)20-25(2)33(36)43/h20-21,26,29-30,32,34,39-40,44-45H,6-19,22-24H2,1-5H3/t26-,29-,30-,32-,34-,35-,36-,37-,38+/m0/s1. The Morgan fingerprint density at radius 2 is 1.47 bits per heavy atom. The molecular weight excluding hydrogens is 600 g/mol. The van der Waals surface area contributed by atoms with Gasteiger partial charge in [-0.15, -0.1) is 0 Å². The number of esters is 2. The molecule has 0 spiro atoms. The molecule has 4 N–H and O–H groups in total. The third-order valence-corrected chi connectivity index (χ3v) is 12.1. The van der Waals surface area contributed by atoms with Crippen LogP contribution < -0.4 is 0 Å². The van der Waals surface area contributed by atoms with Gasteiger partial charge in [0.05, 0.1) is 18.8 Å². The first-order valence-corrected chi connectivity index (χ1v) is 18.3. The van der Waals surface area contributed by atoms with E-state index in [9.17, 15) is 34.8 Å². The maximum absolute atomic E-state index is 13.4. The molecule has 2 fully saturated rings. The highest BCUT2D eigenvalue weighted by molar-refractivity contribution is 6.04. The lowest BCUT2D eigenvalue weighted by atomic mass is 9.59. The van der Waals surface area contributed by atoms with Crippen molar-refractivity contribution in [3.05, 3.63) is 23.3 Å². The molecule has 0 aliphatic heterocycles. The van der Waals surface area contributed by atoms with Gasteiger partial charge in [-0.1, -0.05) is 110 Å². The van der Waals surface area contributed by atoms with E-state index in [1.54, 1.807) is 32.9 Å². The summed E-state index contributed by atoms with van der Waals surface area (Å²) in [5.74, 6) is -5.10. The highest BCUT2D eigenvalue weighted by atomic mass is 16.6. The second-order valence-electron chi connectivity index (χ2n) is 15.3. The molecule has 9 nitrogen and oxygen atoms in total. The van der Waals surface area contributed by atoms with Gasteiger partial charge in [0.2, 0.25) is 0 Å². The molecule has 0 unspecified atom stereocenters. The molecule has 47 heavy (non-hydrogen) atoms. The lowest BCUT2D eigenvalue weighted by Gasteiger charge is -2.53. The number of ether oxygens (including phenoxy) is 2. The molecule has 0 aromatic heterocycles. The van der Waals surface area contributed by atoms with E-state index in [4.69, 9.17) is 9.47 Å². The van der Waals surface area contributed by atoms with Crippen molar-refractivity contribution in [2.75, 3.05) is 13.2 Å². The van der Waals surface area contributed by atoms with E-state index in [-0.39, 0.29) is 12.8 Å². The second kappa shape index (κ2) is 15.2. The molecule has 4 aliphatic rings. The largest absolute Gasteiger partial charge is 0.458 e. The number of aliphatic hydroxyl groups is 4. The molecule has 0 radical (unpaired) electrons. The molecule has 9 atom stereocenters. The van der Waals surface area contributed by atoms with Gasteiger partial charge in [-0.3, -0.25) is 14.4 Å². The molecule has 0 aromatic carbocycles. The fraction of sp³-hybridized carbons (Fsp3) is 0.816. The van der Waals surface area contributed by atoms with Crippen LogP contribution in [0.25, 0.3) is 0 Å². The van der Waals surface area contributed by atoms with Crippen LogP contribution in [-0.4, -0.2) is 74.3 Å². The van der Waals surface area contributed by atoms with Crippen molar-refractivity contribution in [1.29, 1.82) is 0 Å². The molecule has 0 bridgehead atoms. The SMILES string of the molecule is CCCCCCCCCCCCCCCC(=O)O[C@H]1[C@H](C)[C@@]2(O)[C@H]3C=C(C)C(=O)[C@]3(O)CC(CO)=C[C@H]2[C@@H]2[C@]1(OC(C)=O)[C@@]2(C)CO. The van der Waals surface area contributed by atoms with Gasteiger partial charge in [-0.05, 0) is 24.5 Å².